The predicted molar refractivity (Wildman–Crippen MR) is 67.4 cm³/mol. The number of hydrogen-bond acceptors (Lipinski definition) is 2. The number of rotatable bonds is 6. The minimum Gasteiger partial charge on any atom is -0.385 e. The van der Waals surface area contributed by atoms with Crippen LogP contribution in [0.1, 0.15) is 33.1 Å². The van der Waals surface area contributed by atoms with Crippen LogP contribution in [-0.2, 0) is 4.74 Å². The zero-order valence-electron chi connectivity index (χ0n) is 10.8. The monoisotopic (exact) mass is 223 g/mol. The Balaban J connectivity index is 1.75. The third-order valence-electron chi connectivity index (χ3n) is 4.27. The van der Waals surface area contributed by atoms with Crippen molar-refractivity contribution in [1.29, 1.82) is 0 Å². The van der Waals surface area contributed by atoms with Gasteiger partial charge in [0.25, 0.3) is 0 Å². The summed E-state index contributed by atoms with van der Waals surface area (Å²) in [5, 5.41) is 3.73. The first-order valence-corrected chi connectivity index (χ1v) is 6.64. The molecule has 2 heteroatoms. The number of hydrogen-bond donors (Lipinski definition) is 1. The van der Waals surface area contributed by atoms with Crippen LogP contribution in [0.15, 0.2) is 12.2 Å². The molecule has 0 amide bonds. The molecule has 92 valence electrons. The zero-order valence-corrected chi connectivity index (χ0v) is 10.8. The van der Waals surface area contributed by atoms with Crippen molar-refractivity contribution in [2.45, 2.75) is 45.2 Å². The summed E-state index contributed by atoms with van der Waals surface area (Å²) in [7, 11) is 1.77. The third kappa shape index (κ3) is 2.67. The Labute approximate surface area is 99.4 Å². The summed E-state index contributed by atoms with van der Waals surface area (Å²) >= 11 is 0. The fourth-order valence-electron chi connectivity index (χ4n) is 3.35. The van der Waals surface area contributed by atoms with Crippen molar-refractivity contribution in [2.75, 3.05) is 13.7 Å². The van der Waals surface area contributed by atoms with E-state index in [9.17, 15) is 0 Å². The van der Waals surface area contributed by atoms with Crippen LogP contribution in [0, 0.1) is 17.8 Å². The van der Waals surface area contributed by atoms with Gasteiger partial charge >= 0.3 is 0 Å². The average Bonchev–Trinajstić information content (AvgIpc) is 2.87. The second-order valence-electron chi connectivity index (χ2n) is 5.58. The molecule has 2 aliphatic carbocycles. The van der Waals surface area contributed by atoms with Crippen LogP contribution in [0.25, 0.3) is 0 Å². The molecule has 0 saturated heterocycles. The van der Waals surface area contributed by atoms with Gasteiger partial charge in [0.2, 0.25) is 0 Å². The molecule has 0 radical (unpaired) electrons. The molecular formula is C14H25NO. The Morgan fingerprint density at radius 1 is 1.31 bits per heavy atom. The van der Waals surface area contributed by atoms with E-state index in [1.165, 1.54) is 12.8 Å². The van der Waals surface area contributed by atoms with Gasteiger partial charge in [-0.3, -0.25) is 0 Å². The number of ether oxygens (including phenoxy) is 1. The molecule has 0 aromatic carbocycles. The minimum atomic E-state index is 0.568. The van der Waals surface area contributed by atoms with Gasteiger partial charge in [-0.2, -0.15) is 0 Å². The molecule has 2 nitrogen and oxygen atoms in total. The van der Waals surface area contributed by atoms with Gasteiger partial charge in [-0.1, -0.05) is 12.2 Å². The molecule has 2 rings (SSSR count). The molecule has 16 heavy (non-hydrogen) atoms. The maximum Gasteiger partial charge on any atom is 0.0476 e. The molecule has 0 aliphatic heterocycles. The summed E-state index contributed by atoms with van der Waals surface area (Å²) in [6.45, 7) is 5.47. The molecule has 1 saturated carbocycles. The quantitative estimate of drug-likeness (QED) is 0.699. The molecule has 1 fully saturated rings. The van der Waals surface area contributed by atoms with Crippen LogP contribution in [0.4, 0.5) is 0 Å². The highest BCUT2D eigenvalue weighted by Crippen LogP contribution is 2.44. The van der Waals surface area contributed by atoms with E-state index >= 15 is 0 Å². The van der Waals surface area contributed by atoms with E-state index in [4.69, 9.17) is 4.74 Å². The summed E-state index contributed by atoms with van der Waals surface area (Å²) in [6, 6.07) is 1.21. The maximum absolute atomic E-state index is 5.12. The van der Waals surface area contributed by atoms with Gasteiger partial charge in [-0.25, -0.2) is 0 Å². The molecule has 2 bridgehead atoms. The molecule has 1 N–H and O–H groups in total. The lowest BCUT2D eigenvalue weighted by atomic mass is 9.87. The molecule has 2 aliphatic rings. The summed E-state index contributed by atoms with van der Waals surface area (Å²) in [5.74, 6) is 2.59. The van der Waals surface area contributed by atoms with Crippen molar-refractivity contribution in [3.8, 4) is 0 Å². The average molecular weight is 223 g/mol. The van der Waals surface area contributed by atoms with Gasteiger partial charge in [0.15, 0.2) is 0 Å². The first-order chi connectivity index (χ1) is 7.70. The van der Waals surface area contributed by atoms with Gasteiger partial charge in [-0.15, -0.1) is 0 Å². The van der Waals surface area contributed by atoms with Crippen LogP contribution in [-0.4, -0.2) is 25.8 Å². The van der Waals surface area contributed by atoms with Crippen molar-refractivity contribution in [2.24, 2.45) is 17.8 Å². The van der Waals surface area contributed by atoms with Crippen molar-refractivity contribution in [1.82, 2.24) is 5.32 Å². The van der Waals surface area contributed by atoms with Crippen molar-refractivity contribution < 1.29 is 4.74 Å². The highest BCUT2D eigenvalue weighted by molar-refractivity contribution is 5.11. The normalized spacial score (nSPS) is 35.6. The predicted octanol–water partition coefficient (Wildman–Crippen LogP) is 2.60. The SMILES string of the molecule is COCCC(C)NC(C)C1CC2C=CC1C2. The van der Waals surface area contributed by atoms with Crippen LogP contribution in [0.3, 0.4) is 0 Å². The molecule has 0 heterocycles. The van der Waals surface area contributed by atoms with E-state index in [1.807, 2.05) is 0 Å². The van der Waals surface area contributed by atoms with Gasteiger partial charge in [0.1, 0.15) is 0 Å². The fourth-order valence-corrected chi connectivity index (χ4v) is 3.35. The minimum absolute atomic E-state index is 0.568. The standard InChI is InChI=1S/C14H25NO/c1-10(6-7-16-3)15-11(2)14-9-12-4-5-13(14)8-12/h4-5,10-15H,6-9H2,1-3H3. The Kier molecular flexibility index (Phi) is 4.04. The molecule has 0 spiro atoms. The topological polar surface area (TPSA) is 21.3 Å². The van der Waals surface area contributed by atoms with Gasteiger partial charge in [0.05, 0.1) is 0 Å². The van der Waals surface area contributed by atoms with Gasteiger partial charge in [-0.05, 0) is 50.9 Å². The summed E-state index contributed by atoms with van der Waals surface area (Å²) < 4.78 is 5.12. The van der Waals surface area contributed by atoms with Crippen LogP contribution in [0.5, 0.6) is 0 Å². The number of allylic oxidation sites excluding steroid dienone is 2. The molecule has 5 unspecified atom stereocenters. The second kappa shape index (κ2) is 5.33. The molecule has 0 aromatic heterocycles. The van der Waals surface area contributed by atoms with Crippen LogP contribution >= 0.6 is 0 Å². The molecular weight excluding hydrogens is 198 g/mol. The van der Waals surface area contributed by atoms with Gasteiger partial charge < -0.3 is 10.1 Å². The highest BCUT2D eigenvalue weighted by atomic mass is 16.5. The largest absolute Gasteiger partial charge is 0.385 e. The summed E-state index contributed by atoms with van der Waals surface area (Å²) in [4.78, 5) is 0. The summed E-state index contributed by atoms with van der Waals surface area (Å²) in [5.41, 5.74) is 0. The molecule has 5 atom stereocenters. The highest BCUT2D eigenvalue weighted by Gasteiger charge is 2.38. The second-order valence-corrected chi connectivity index (χ2v) is 5.58. The summed E-state index contributed by atoms with van der Waals surface area (Å²) in [6.07, 6.45) is 8.77. The lowest BCUT2D eigenvalue weighted by Gasteiger charge is -2.29. The van der Waals surface area contributed by atoms with Crippen LogP contribution < -0.4 is 5.32 Å². The third-order valence-corrected chi connectivity index (χ3v) is 4.27. The first-order valence-electron chi connectivity index (χ1n) is 6.64. The Morgan fingerprint density at radius 3 is 2.69 bits per heavy atom. The van der Waals surface area contributed by atoms with Crippen LogP contribution in [0.2, 0.25) is 0 Å². The van der Waals surface area contributed by atoms with Crippen molar-refractivity contribution >= 4 is 0 Å². The van der Waals surface area contributed by atoms with Gasteiger partial charge in [0, 0.05) is 25.8 Å². The number of fused-ring (bicyclic) bond motifs is 2. The Morgan fingerprint density at radius 2 is 2.12 bits per heavy atom. The van der Waals surface area contributed by atoms with E-state index in [0.717, 1.165) is 30.8 Å². The van der Waals surface area contributed by atoms with E-state index < -0.39 is 0 Å². The smallest absolute Gasteiger partial charge is 0.0476 e. The number of methoxy groups -OCH3 is 1. The zero-order chi connectivity index (χ0) is 11.5. The lowest BCUT2D eigenvalue weighted by Crippen LogP contribution is -2.41. The molecule has 0 aromatic rings. The fraction of sp³-hybridized carbons (Fsp3) is 0.857. The Bertz CT molecular complexity index is 251. The first kappa shape index (κ1) is 12.1. The van der Waals surface area contributed by atoms with E-state index in [2.05, 4.69) is 31.3 Å². The lowest BCUT2D eigenvalue weighted by molar-refractivity contribution is 0.179. The Hall–Kier alpha value is -0.340. The maximum atomic E-state index is 5.12. The van der Waals surface area contributed by atoms with E-state index in [1.54, 1.807) is 7.11 Å². The number of nitrogens with one attached hydrogen (secondary N) is 1. The van der Waals surface area contributed by atoms with E-state index in [0.29, 0.717) is 12.1 Å². The van der Waals surface area contributed by atoms with Crippen molar-refractivity contribution in [3.05, 3.63) is 12.2 Å². The van der Waals surface area contributed by atoms with Crippen molar-refractivity contribution in [3.63, 3.8) is 0 Å². The van der Waals surface area contributed by atoms with E-state index in [-0.39, 0.29) is 0 Å².